The Hall–Kier alpha value is -2.25. The van der Waals surface area contributed by atoms with Crippen molar-refractivity contribution in [1.82, 2.24) is 5.32 Å². The van der Waals surface area contributed by atoms with E-state index in [1.165, 1.54) is 0 Å². The lowest BCUT2D eigenvalue weighted by Crippen LogP contribution is -2.34. The molecule has 2 aromatic rings. The van der Waals surface area contributed by atoms with Crippen molar-refractivity contribution in [3.63, 3.8) is 0 Å². The Bertz CT molecular complexity index is 747. The number of anilines is 1. The van der Waals surface area contributed by atoms with Crippen molar-refractivity contribution < 1.29 is 14.7 Å². The molecule has 0 unspecified atom stereocenters. The van der Waals surface area contributed by atoms with Crippen molar-refractivity contribution in [3.05, 3.63) is 64.1 Å². The number of amides is 1. The molecule has 3 N–H and O–H groups in total. The zero-order chi connectivity index (χ0) is 16.8. The number of carboxylic acid groups (broad SMARTS) is 1. The first-order chi connectivity index (χ1) is 11.0. The summed E-state index contributed by atoms with van der Waals surface area (Å²) in [6.45, 7) is 0. The third-order valence-corrected chi connectivity index (χ3v) is 3.81. The molecule has 2 rings (SSSR count). The molecule has 0 radical (unpaired) electrons. The predicted octanol–water partition coefficient (Wildman–Crippen LogP) is 3.20. The minimum Gasteiger partial charge on any atom is -0.481 e. The highest BCUT2D eigenvalue weighted by atomic mass is 79.9. The molecule has 0 aliphatic rings. The van der Waals surface area contributed by atoms with Crippen LogP contribution in [0.5, 0.6) is 0 Å². The Morgan fingerprint density at radius 1 is 1.09 bits per heavy atom. The molecule has 0 aliphatic carbocycles. The second-order valence-corrected chi connectivity index (χ2v) is 5.92. The van der Waals surface area contributed by atoms with E-state index in [1.807, 2.05) is 6.07 Å². The number of aliphatic carboxylic acids is 1. The second kappa shape index (κ2) is 7.85. The van der Waals surface area contributed by atoms with Crippen LogP contribution in [0.4, 0.5) is 5.69 Å². The van der Waals surface area contributed by atoms with Crippen molar-refractivity contribution in [2.75, 3.05) is 5.32 Å². The van der Waals surface area contributed by atoms with Crippen LogP contribution in [0.1, 0.15) is 15.9 Å². The van der Waals surface area contributed by atoms with Gasteiger partial charge in [-0.05, 0) is 58.0 Å². The number of carbonyl (C=O) groups excluding carboxylic acids is 1. The topological polar surface area (TPSA) is 78.4 Å². The van der Waals surface area contributed by atoms with Gasteiger partial charge in [0.1, 0.15) is 0 Å². The number of halogens is 1. The number of thiocarbonyl (C=S) groups is 1. The van der Waals surface area contributed by atoms with Crippen LogP contribution in [-0.4, -0.2) is 22.1 Å². The maximum Gasteiger partial charge on any atom is 0.307 e. The molecule has 0 atom stereocenters. The molecule has 5 nitrogen and oxygen atoms in total. The van der Waals surface area contributed by atoms with Gasteiger partial charge in [-0.3, -0.25) is 14.9 Å². The molecule has 0 aliphatic heterocycles. The molecule has 1 amide bonds. The van der Waals surface area contributed by atoms with Gasteiger partial charge in [-0.1, -0.05) is 24.3 Å². The van der Waals surface area contributed by atoms with Crippen LogP contribution in [0.15, 0.2) is 53.0 Å². The van der Waals surface area contributed by atoms with Gasteiger partial charge in [-0.15, -0.1) is 0 Å². The Balaban J connectivity index is 1.95. The normalized spacial score (nSPS) is 9.96. The largest absolute Gasteiger partial charge is 0.481 e. The average molecular weight is 393 g/mol. The molecule has 2 aromatic carbocycles. The fraction of sp³-hybridized carbons (Fsp3) is 0.0625. The Kier molecular flexibility index (Phi) is 5.84. The van der Waals surface area contributed by atoms with Gasteiger partial charge < -0.3 is 10.4 Å². The molecule has 0 heterocycles. The van der Waals surface area contributed by atoms with Crippen molar-refractivity contribution in [1.29, 1.82) is 0 Å². The number of carbonyl (C=O) groups is 2. The molecule has 118 valence electrons. The highest BCUT2D eigenvalue weighted by Gasteiger charge is 2.11. The van der Waals surface area contributed by atoms with Crippen LogP contribution in [0, 0.1) is 0 Å². The van der Waals surface area contributed by atoms with Gasteiger partial charge in [0, 0.05) is 10.2 Å². The van der Waals surface area contributed by atoms with E-state index < -0.39 is 5.97 Å². The minimum absolute atomic E-state index is 0.0382. The summed E-state index contributed by atoms with van der Waals surface area (Å²) in [5.74, 6) is -1.21. The summed E-state index contributed by atoms with van der Waals surface area (Å²) >= 11 is 8.41. The summed E-state index contributed by atoms with van der Waals surface area (Å²) in [4.78, 5) is 22.7. The molecular weight excluding hydrogens is 380 g/mol. The number of rotatable bonds is 4. The lowest BCUT2D eigenvalue weighted by molar-refractivity contribution is -0.136. The lowest BCUT2D eigenvalue weighted by atomic mass is 10.1. The molecule has 0 aromatic heterocycles. The van der Waals surface area contributed by atoms with E-state index in [1.54, 1.807) is 42.5 Å². The van der Waals surface area contributed by atoms with Gasteiger partial charge in [0.15, 0.2) is 5.11 Å². The molecule has 0 saturated heterocycles. The SMILES string of the molecule is O=C(O)Cc1ccc(NC(=S)NC(=O)c2ccccc2Br)cc1. The number of nitrogens with one attached hydrogen (secondary N) is 2. The van der Waals surface area contributed by atoms with Crippen LogP contribution in [0.2, 0.25) is 0 Å². The molecule has 0 fully saturated rings. The molecule has 0 saturated carbocycles. The van der Waals surface area contributed by atoms with E-state index in [0.29, 0.717) is 21.3 Å². The van der Waals surface area contributed by atoms with Crippen molar-refractivity contribution in [2.24, 2.45) is 0 Å². The van der Waals surface area contributed by atoms with Crippen molar-refractivity contribution >= 4 is 50.8 Å². The average Bonchev–Trinajstić information content (AvgIpc) is 2.49. The summed E-state index contributed by atoms with van der Waals surface area (Å²) in [6.07, 6.45) is -0.0382. The molecule has 23 heavy (non-hydrogen) atoms. The summed E-state index contributed by atoms with van der Waals surface area (Å²) in [6, 6.07) is 13.8. The Labute approximate surface area is 146 Å². The van der Waals surface area contributed by atoms with E-state index in [9.17, 15) is 9.59 Å². The third kappa shape index (κ3) is 5.15. The van der Waals surface area contributed by atoms with Crippen molar-refractivity contribution in [2.45, 2.75) is 6.42 Å². The van der Waals surface area contributed by atoms with E-state index >= 15 is 0 Å². The fourth-order valence-electron chi connectivity index (χ4n) is 1.86. The van der Waals surface area contributed by atoms with E-state index in [2.05, 4.69) is 26.6 Å². The number of carboxylic acids is 1. The number of hydrogen-bond acceptors (Lipinski definition) is 3. The standard InChI is InChI=1S/C16H13BrN2O3S/c17-13-4-2-1-3-12(13)15(22)19-16(23)18-11-7-5-10(6-8-11)9-14(20)21/h1-8H,9H2,(H,20,21)(H2,18,19,22,23). The van der Waals surface area contributed by atoms with E-state index in [-0.39, 0.29) is 17.4 Å². The maximum atomic E-state index is 12.1. The zero-order valence-electron chi connectivity index (χ0n) is 11.9. The maximum absolute atomic E-state index is 12.1. The highest BCUT2D eigenvalue weighted by molar-refractivity contribution is 9.10. The zero-order valence-corrected chi connectivity index (χ0v) is 14.3. The van der Waals surface area contributed by atoms with E-state index in [4.69, 9.17) is 17.3 Å². The Morgan fingerprint density at radius 3 is 2.35 bits per heavy atom. The summed E-state index contributed by atoms with van der Waals surface area (Å²) in [7, 11) is 0. The quantitative estimate of drug-likeness (QED) is 0.696. The number of hydrogen-bond donors (Lipinski definition) is 3. The first-order valence-corrected chi connectivity index (χ1v) is 7.83. The van der Waals surface area contributed by atoms with Gasteiger partial charge in [0.25, 0.3) is 5.91 Å². The second-order valence-electron chi connectivity index (χ2n) is 4.66. The van der Waals surface area contributed by atoms with E-state index in [0.717, 1.165) is 0 Å². The lowest BCUT2D eigenvalue weighted by Gasteiger charge is -2.10. The van der Waals surface area contributed by atoms with Crippen LogP contribution < -0.4 is 10.6 Å². The summed E-state index contributed by atoms with van der Waals surface area (Å²) in [5, 5.41) is 14.4. The smallest absolute Gasteiger partial charge is 0.307 e. The molecule has 0 bridgehead atoms. The summed E-state index contributed by atoms with van der Waals surface area (Å²) in [5.41, 5.74) is 1.83. The first-order valence-electron chi connectivity index (χ1n) is 6.63. The van der Waals surface area contributed by atoms with Gasteiger partial charge in [0.05, 0.1) is 12.0 Å². The van der Waals surface area contributed by atoms with Crippen molar-refractivity contribution in [3.8, 4) is 0 Å². The monoisotopic (exact) mass is 392 g/mol. The fourth-order valence-corrected chi connectivity index (χ4v) is 2.53. The molecule has 7 heteroatoms. The minimum atomic E-state index is -0.887. The van der Waals surface area contributed by atoms with Gasteiger partial charge in [-0.25, -0.2) is 0 Å². The molecule has 0 spiro atoms. The van der Waals surface area contributed by atoms with Crippen LogP contribution in [0.3, 0.4) is 0 Å². The summed E-state index contributed by atoms with van der Waals surface area (Å²) < 4.78 is 0.679. The van der Waals surface area contributed by atoms with Gasteiger partial charge >= 0.3 is 5.97 Å². The predicted molar refractivity (Wildman–Crippen MR) is 95.6 cm³/mol. The third-order valence-electron chi connectivity index (χ3n) is 2.91. The van der Waals surface area contributed by atoms with Crippen LogP contribution in [0.25, 0.3) is 0 Å². The van der Waals surface area contributed by atoms with Gasteiger partial charge in [-0.2, -0.15) is 0 Å². The van der Waals surface area contributed by atoms with Gasteiger partial charge in [0.2, 0.25) is 0 Å². The highest BCUT2D eigenvalue weighted by Crippen LogP contribution is 2.15. The number of benzene rings is 2. The first kappa shape index (κ1) is 17.1. The van der Waals surface area contributed by atoms with Crippen LogP contribution >= 0.6 is 28.1 Å². The van der Waals surface area contributed by atoms with Crippen LogP contribution in [-0.2, 0) is 11.2 Å². The molecular formula is C16H13BrN2O3S. The Morgan fingerprint density at radius 2 is 1.74 bits per heavy atom.